The molecule has 0 fully saturated rings. The molecule has 0 saturated carbocycles. The van der Waals surface area contributed by atoms with E-state index in [4.69, 9.17) is 0 Å². The van der Waals surface area contributed by atoms with Crippen LogP contribution in [0.1, 0.15) is 42.0 Å². The van der Waals surface area contributed by atoms with Crippen LogP contribution >= 0.6 is 0 Å². The number of allylic oxidation sites excluding steroid dienone is 1. The molecule has 0 atom stereocenters. The number of hydrogen-bond donors (Lipinski definition) is 2. The summed E-state index contributed by atoms with van der Waals surface area (Å²) in [6.07, 6.45) is 2.13. The summed E-state index contributed by atoms with van der Waals surface area (Å²) in [4.78, 5) is 0. The van der Waals surface area contributed by atoms with Crippen LogP contribution in [0.2, 0.25) is 0 Å². The van der Waals surface area contributed by atoms with Gasteiger partial charge in [-0.15, -0.1) is 0 Å². The Balaban J connectivity index is 2.11. The van der Waals surface area contributed by atoms with Crippen molar-refractivity contribution in [2.24, 2.45) is 0 Å². The van der Waals surface area contributed by atoms with Crippen molar-refractivity contribution in [3.63, 3.8) is 0 Å². The van der Waals surface area contributed by atoms with Crippen molar-refractivity contribution in [3.05, 3.63) is 94.6 Å². The van der Waals surface area contributed by atoms with E-state index in [0.717, 1.165) is 11.1 Å². The van der Waals surface area contributed by atoms with Gasteiger partial charge in [-0.2, -0.15) is 0 Å². The highest BCUT2D eigenvalue weighted by atomic mass is 19.1. The molecule has 144 valence electrons. The van der Waals surface area contributed by atoms with Gasteiger partial charge in [0.1, 0.15) is 23.1 Å². The van der Waals surface area contributed by atoms with E-state index in [-0.39, 0.29) is 29.1 Å². The Hall–Kier alpha value is -3.14. The van der Waals surface area contributed by atoms with Gasteiger partial charge in [-0.05, 0) is 71.0 Å². The van der Waals surface area contributed by atoms with Gasteiger partial charge >= 0.3 is 0 Å². The van der Waals surface area contributed by atoms with Crippen LogP contribution in [0.15, 0.2) is 60.7 Å². The fourth-order valence-electron chi connectivity index (χ4n) is 3.30. The van der Waals surface area contributed by atoms with Gasteiger partial charge in [-0.25, -0.2) is 8.78 Å². The molecule has 0 aliphatic heterocycles. The minimum absolute atomic E-state index is 0.00520. The summed E-state index contributed by atoms with van der Waals surface area (Å²) in [5.74, 6) is -0.764. The van der Waals surface area contributed by atoms with E-state index < -0.39 is 0 Å². The second-order valence-corrected chi connectivity index (χ2v) is 7.11. The number of benzene rings is 3. The Labute approximate surface area is 163 Å². The Kier molecular flexibility index (Phi) is 5.78. The number of halogens is 2. The van der Waals surface area contributed by atoms with E-state index in [9.17, 15) is 19.0 Å². The molecule has 2 N–H and O–H groups in total. The molecule has 0 spiro atoms. The molecule has 4 heteroatoms. The Morgan fingerprint density at radius 2 is 1.50 bits per heavy atom. The van der Waals surface area contributed by atoms with Gasteiger partial charge in [0.2, 0.25) is 0 Å². The lowest BCUT2D eigenvalue weighted by atomic mass is 9.92. The SMILES string of the molecule is CC(C)c1c(O)cc(/C(=C\c2cccc(F)c2)Cc2cccc(F)c2)cc1O. The summed E-state index contributed by atoms with van der Waals surface area (Å²) in [5.41, 5.74) is 3.15. The molecular weight excluding hydrogens is 358 g/mol. The Morgan fingerprint density at radius 3 is 2.07 bits per heavy atom. The summed E-state index contributed by atoms with van der Waals surface area (Å²) in [5, 5.41) is 20.8. The zero-order valence-electron chi connectivity index (χ0n) is 15.8. The van der Waals surface area contributed by atoms with E-state index >= 15 is 0 Å². The lowest BCUT2D eigenvalue weighted by molar-refractivity contribution is 0.433. The second-order valence-electron chi connectivity index (χ2n) is 7.11. The summed E-state index contributed by atoms with van der Waals surface area (Å²) in [6.45, 7) is 3.76. The predicted octanol–water partition coefficient (Wildman–Crippen LogP) is 6.28. The van der Waals surface area contributed by atoms with Crippen LogP contribution in [0.25, 0.3) is 11.6 Å². The van der Waals surface area contributed by atoms with Crippen LogP contribution in [-0.2, 0) is 6.42 Å². The van der Waals surface area contributed by atoms with Gasteiger partial charge in [-0.3, -0.25) is 0 Å². The molecule has 0 aromatic heterocycles. The van der Waals surface area contributed by atoms with Crippen molar-refractivity contribution in [1.29, 1.82) is 0 Å². The van der Waals surface area contributed by atoms with Gasteiger partial charge in [0.25, 0.3) is 0 Å². The van der Waals surface area contributed by atoms with Crippen LogP contribution in [0.3, 0.4) is 0 Å². The molecule has 0 radical (unpaired) electrons. The number of aromatic hydroxyl groups is 2. The average Bonchev–Trinajstić information content (AvgIpc) is 2.60. The number of hydrogen-bond acceptors (Lipinski definition) is 2. The monoisotopic (exact) mass is 380 g/mol. The molecule has 0 aliphatic carbocycles. The van der Waals surface area contributed by atoms with Crippen LogP contribution < -0.4 is 0 Å². The first-order chi connectivity index (χ1) is 13.3. The first kappa shape index (κ1) is 19.6. The second kappa shape index (κ2) is 8.26. The van der Waals surface area contributed by atoms with Crippen molar-refractivity contribution in [3.8, 4) is 11.5 Å². The number of rotatable bonds is 5. The summed E-state index contributed by atoms with van der Waals surface area (Å²) in [7, 11) is 0. The third-order valence-electron chi connectivity index (χ3n) is 4.56. The third-order valence-corrected chi connectivity index (χ3v) is 4.56. The molecule has 0 bridgehead atoms. The lowest BCUT2D eigenvalue weighted by Gasteiger charge is -2.15. The molecule has 0 aliphatic rings. The standard InChI is InChI=1S/C24H22F2O2/c1-15(2)24-22(27)13-19(14-23(24)28)18(9-16-5-3-7-20(25)11-16)10-17-6-4-8-21(26)12-17/h3-9,11-15,27-28H,10H2,1-2H3/b18-9-. The van der Waals surface area contributed by atoms with Gasteiger partial charge < -0.3 is 10.2 Å². The fourth-order valence-corrected chi connectivity index (χ4v) is 3.30. The molecule has 3 aromatic carbocycles. The smallest absolute Gasteiger partial charge is 0.123 e. The molecular formula is C24H22F2O2. The highest BCUT2D eigenvalue weighted by Crippen LogP contribution is 2.38. The quantitative estimate of drug-likeness (QED) is 0.511. The van der Waals surface area contributed by atoms with Crippen LogP contribution in [0.4, 0.5) is 8.78 Å². The minimum atomic E-state index is -0.361. The van der Waals surface area contributed by atoms with E-state index in [2.05, 4.69) is 0 Å². The van der Waals surface area contributed by atoms with Crippen molar-refractivity contribution in [1.82, 2.24) is 0 Å². The molecule has 0 unspecified atom stereocenters. The summed E-state index contributed by atoms with van der Waals surface area (Å²) < 4.78 is 27.2. The maximum atomic E-state index is 13.6. The highest BCUT2D eigenvalue weighted by Gasteiger charge is 2.15. The van der Waals surface area contributed by atoms with Gasteiger partial charge in [0.05, 0.1) is 0 Å². The van der Waals surface area contributed by atoms with Crippen molar-refractivity contribution in [2.45, 2.75) is 26.2 Å². The van der Waals surface area contributed by atoms with Crippen LogP contribution in [0, 0.1) is 11.6 Å². The van der Waals surface area contributed by atoms with Gasteiger partial charge in [-0.1, -0.05) is 44.2 Å². The number of phenolic OH excluding ortho intramolecular Hbond substituents is 2. The van der Waals surface area contributed by atoms with Crippen LogP contribution in [-0.4, -0.2) is 10.2 Å². The first-order valence-corrected chi connectivity index (χ1v) is 9.10. The van der Waals surface area contributed by atoms with E-state index in [1.165, 1.54) is 24.3 Å². The minimum Gasteiger partial charge on any atom is -0.507 e. The van der Waals surface area contributed by atoms with E-state index in [1.54, 1.807) is 42.5 Å². The maximum absolute atomic E-state index is 13.6. The zero-order chi connectivity index (χ0) is 20.3. The molecule has 28 heavy (non-hydrogen) atoms. The van der Waals surface area contributed by atoms with Crippen molar-refractivity contribution < 1.29 is 19.0 Å². The maximum Gasteiger partial charge on any atom is 0.123 e. The van der Waals surface area contributed by atoms with Crippen molar-refractivity contribution >= 4 is 11.6 Å². The molecule has 0 amide bonds. The average molecular weight is 380 g/mol. The summed E-state index contributed by atoms with van der Waals surface area (Å²) >= 11 is 0. The molecule has 0 heterocycles. The Bertz CT molecular complexity index is 1000. The highest BCUT2D eigenvalue weighted by molar-refractivity contribution is 5.84. The number of phenols is 2. The normalized spacial score (nSPS) is 11.8. The Morgan fingerprint density at radius 1 is 0.893 bits per heavy atom. The first-order valence-electron chi connectivity index (χ1n) is 9.10. The van der Waals surface area contributed by atoms with E-state index in [0.29, 0.717) is 23.1 Å². The molecule has 0 saturated heterocycles. The van der Waals surface area contributed by atoms with Gasteiger partial charge in [0.15, 0.2) is 0 Å². The lowest BCUT2D eigenvalue weighted by Crippen LogP contribution is -1.96. The fraction of sp³-hybridized carbons (Fsp3) is 0.167. The third kappa shape index (κ3) is 4.58. The van der Waals surface area contributed by atoms with Gasteiger partial charge in [0, 0.05) is 5.56 Å². The summed E-state index contributed by atoms with van der Waals surface area (Å²) in [6, 6.07) is 15.5. The molecule has 3 aromatic rings. The zero-order valence-corrected chi connectivity index (χ0v) is 15.8. The topological polar surface area (TPSA) is 40.5 Å². The molecule has 3 rings (SSSR count). The van der Waals surface area contributed by atoms with Crippen molar-refractivity contribution in [2.75, 3.05) is 0 Å². The largest absolute Gasteiger partial charge is 0.507 e. The predicted molar refractivity (Wildman–Crippen MR) is 108 cm³/mol. The van der Waals surface area contributed by atoms with E-state index in [1.807, 2.05) is 13.8 Å². The van der Waals surface area contributed by atoms with Crippen LogP contribution in [0.5, 0.6) is 11.5 Å². The molecule has 2 nitrogen and oxygen atoms in total.